The Morgan fingerprint density at radius 2 is 1.43 bits per heavy atom. The molecule has 0 saturated carbocycles. The number of halogens is 7. The van der Waals surface area contributed by atoms with Crippen LogP contribution < -0.4 is 4.74 Å². The van der Waals surface area contributed by atoms with Crippen LogP contribution in [0.3, 0.4) is 0 Å². The summed E-state index contributed by atoms with van der Waals surface area (Å²) < 4.78 is 84.7. The van der Waals surface area contributed by atoms with E-state index in [9.17, 15) is 40.7 Å². The molecule has 0 bridgehead atoms. The summed E-state index contributed by atoms with van der Waals surface area (Å²) >= 11 is 1.93. The number of aromatic carboxylic acids is 1. The summed E-state index contributed by atoms with van der Waals surface area (Å²) in [6, 6.07) is 4.58. The molecule has 1 rings (SSSR count). The quantitative estimate of drug-likeness (QED) is 0.117. The van der Waals surface area contributed by atoms with Gasteiger partial charge in [-0.15, -0.1) is 0 Å². The van der Waals surface area contributed by atoms with Crippen LogP contribution in [-0.2, 0) is 14.3 Å². The van der Waals surface area contributed by atoms with Crippen LogP contribution in [0.1, 0.15) is 71.2 Å². The lowest BCUT2D eigenvalue weighted by atomic mass is 9.91. The van der Waals surface area contributed by atoms with Gasteiger partial charge >= 0.3 is 30.3 Å². The zero-order valence-electron chi connectivity index (χ0n) is 21.3. The Bertz CT molecular complexity index is 950. The molecule has 0 radical (unpaired) electrons. The van der Waals surface area contributed by atoms with Crippen LogP contribution >= 0.6 is 22.6 Å². The maximum Gasteiger partial charge on any atom is 0.336 e. The van der Waals surface area contributed by atoms with Crippen molar-refractivity contribution >= 4 is 40.5 Å². The van der Waals surface area contributed by atoms with Crippen molar-refractivity contribution in [1.29, 1.82) is 0 Å². The minimum absolute atomic E-state index is 0.134. The van der Waals surface area contributed by atoms with Gasteiger partial charge in [0.1, 0.15) is 5.75 Å². The highest BCUT2D eigenvalue weighted by Crippen LogP contribution is 2.35. The van der Waals surface area contributed by atoms with Gasteiger partial charge in [0.05, 0.1) is 22.8 Å². The highest BCUT2D eigenvalue weighted by atomic mass is 127. The summed E-state index contributed by atoms with van der Waals surface area (Å²) in [5.41, 5.74) is -1.48. The number of benzene rings is 1. The average Bonchev–Trinajstić information content (AvgIpc) is 2.78. The van der Waals surface area contributed by atoms with Crippen molar-refractivity contribution in [2.24, 2.45) is 10.8 Å². The standard InChI is InChI=1S/C13H15IO4.C11H16F6O2/c1-4-13(2,3)12(17)18-8-5-6-10(14)9(7-8)11(15)16;1-4-9(2,3)8(18)19-6-10(14,15)5-11(16,17)7(12)13/h5-7H,4H2,1-3H3,(H,15,16);7H,4-6H2,1-3H3. The number of hydrogen-bond acceptors (Lipinski definition) is 5. The second kappa shape index (κ2) is 13.7. The van der Waals surface area contributed by atoms with Gasteiger partial charge in [-0.2, -0.15) is 0 Å². The van der Waals surface area contributed by atoms with Gasteiger partial charge in [0.2, 0.25) is 0 Å². The van der Waals surface area contributed by atoms with Gasteiger partial charge in [0.25, 0.3) is 5.92 Å². The van der Waals surface area contributed by atoms with Crippen LogP contribution in [-0.4, -0.2) is 47.9 Å². The first-order valence-electron chi connectivity index (χ1n) is 11.1. The predicted molar refractivity (Wildman–Crippen MR) is 131 cm³/mol. The van der Waals surface area contributed by atoms with Crippen LogP contribution in [0, 0.1) is 14.4 Å². The van der Waals surface area contributed by atoms with Gasteiger partial charge in [-0.05, 0) is 81.3 Å². The van der Waals surface area contributed by atoms with Crippen molar-refractivity contribution in [1.82, 2.24) is 0 Å². The van der Waals surface area contributed by atoms with E-state index in [1.165, 1.54) is 19.9 Å². The summed E-state index contributed by atoms with van der Waals surface area (Å²) in [7, 11) is 0. The van der Waals surface area contributed by atoms with Crippen LogP contribution in [0.25, 0.3) is 0 Å². The Kier molecular flexibility index (Phi) is 12.9. The van der Waals surface area contributed by atoms with Gasteiger partial charge in [-0.25, -0.2) is 31.1 Å². The van der Waals surface area contributed by atoms with E-state index >= 15 is 0 Å². The number of ether oxygens (including phenoxy) is 2. The first kappa shape index (κ1) is 34.9. The van der Waals surface area contributed by atoms with Crippen molar-refractivity contribution in [3.05, 3.63) is 27.3 Å². The van der Waals surface area contributed by atoms with Crippen molar-refractivity contribution in [2.75, 3.05) is 6.61 Å². The molecule has 0 aliphatic rings. The highest BCUT2D eigenvalue weighted by Gasteiger charge is 2.50. The van der Waals surface area contributed by atoms with Gasteiger partial charge in [-0.3, -0.25) is 9.59 Å². The Balaban J connectivity index is 0.000000701. The fraction of sp³-hybridized carbons (Fsp3) is 0.625. The number of carbonyl (C=O) groups is 3. The molecule has 0 spiro atoms. The van der Waals surface area contributed by atoms with Crippen LogP contribution in [0.4, 0.5) is 26.3 Å². The molecule has 6 nitrogen and oxygen atoms in total. The van der Waals surface area contributed by atoms with Crippen LogP contribution in [0.15, 0.2) is 18.2 Å². The van der Waals surface area contributed by atoms with Gasteiger partial charge in [0, 0.05) is 3.57 Å². The summed E-state index contributed by atoms with van der Waals surface area (Å²) in [5, 5.41) is 8.98. The number of esters is 2. The molecule has 1 N–H and O–H groups in total. The third-order valence-corrected chi connectivity index (χ3v) is 6.42. The van der Waals surface area contributed by atoms with Gasteiger partial charge in [-0.1, -0.05) is 13.8 Å². The number of carbonyl (C=O) groups excluding carboxylic acids is 2. The highest BCUT2D eigenvalue weighted by molar-refractivity contribution is 14.1. The Morgan fingerprint density at radius 1 is 0.946 bits per heavy atom. The number of carboxylic acid groups (broad SMARTS) is 1. The van der Waals surface area contributed by atoms with Crippen molar-refractivity contribution in [3.63, 3.8) is 0 Å². The molecule has 13 heteroatoms. The normalized spacial score (nSPS) is 12.5. The average molecular weight is 656 g/mol. The fourth-order valence-corrected chi connectivity index (χ4v) is 2.67. The number of alkyl halides is 6. The maximum absolute atomic E-state index is 13.0. The van der Waals surface area contributed by atoms with E-state index in [1.807, 2.05) is 29.5 Å². The molecule has 0 saturated heterocycles. The largest absolute Gasteiger partial charge is 0.478 e. The second-order valence-electron chi connectivity index (χ2n) is 9.48. The van der Waals surface area contributed by atoms with E-state index in [-0.39, 0.29) is 17.3 Å². The summed E-state index contributed by atoms with van der Waals surface area (Å²) in [6.07, 6.45) is -5.61. The molecule has 0 unspecified atom stereocenters. The third-order valence-electron chi connectivity index (χ3n) is 5.48. The first-order chi connectivity index (χ1) is 16.6. The lowest BCUT2D eigenvalue weighted by molar-refractivity contribution is -0.198. The molecule has 0 aliphatic carbocycles. The van der Waals surface area contributed by atoms with E-state index in [4.69, 9.17) is 9.84 Å². The summed E-state index contributed by atoms with van der Waals surface area (Å²) in [6.45, 7) is 8.32. The molecular formula is C24H31F6IO6. The third kappa shape index (κ3) is 11.5. The first-order valence-corrected chi connectivity index (χ1v) is 12.2. The van der Waals surface area contributed by atoms with Crippen molar-refractivity contribution in [3.8, 4) is 5.75 Å². The molecule has 0 aliphatic heterocycles. The smallest absolute Gasteiger partial charge is 0.336 e. The summed E-state index contributed by atoms with van der Waals surface area (Å²) in [4.78, 5) is 34.2. The number of carboxylic acids is 1. The van der Waals surface area contributed by atoms with E-state index < -0.39 is 54.1 Å². The number of hydrogen-bond donors (Lipinski definition) is 1. The maximum atomic E-state index is 13.0. The summed E-state index contributed by atoms with van der Waals surface area (Å²) in [5.74, 6) is -11.2. The molecule has 1 aromatic carbocycles. The molecule has 212 valence electrons. The van der Waals surface area contributed by atoms with Crippen LogP contribution in [0.2, 0.25) is 0 Å². The Morgan fingerprint density at radius 3 is 1.86 bits per heavy atom. The molecule has 0 atom stereocenters. The van der Waals surface area contributed by atoms with Crippen LogP contribution in [0.5, 0.6) is 5.75 Å². The topological polar surface area (TPSA) is 89.9 Å². The molecule has 0 fully saturated rings. The van der Waals surface area contributed by atoms with E-state index in [1.54, 1.807) is 32.9 Å². The minimum atomic E-state index is -4.82. The minimum Gasteiger partial charge on any atom is -0.478 e. The monoisotopic (exact) mass is 656 g/mol. The van der Waals surface area contributed by atoms with Gasteiger partial charge < -0.3 is 14.6 Å². The Hall–Kier alpha value is -2.06. The van der Waals surface area contributed by atoms with Crippen molar-refractivity contribution in [2.45, 2.75) is 79.1 Å². The molecule has 1 aromatic rings. The molecule has 0 amide bonds. The molecule has 0 heterocycles. The number of rotatable bonds is 11. The second-order valence-corrected chi connectivity index (χ2v) is 10.6. The SMILES string of the molecule is CCC(C)(C)C(=O)OCC(F)(F)CC(F)(F)C(F)F.CCC(C)(C)C(=O)Oc1ccc(I)c(C(=O)O)c1. The van der Waals surface area contributed by atoms with Gasteiger partial charge in [0.15, 0.2) is 6.61 Å². The lowest BCUT2D eigenvalue weighted by Gasteiger charge is -2.25. The zero-order chi connectivity index (χ0) is 29.4. The van der Waals surface area contributed by atoms with E-state index in [2.05, 4.69) is 4.74 Å². The zero-order valence-corrected chi connectivity index (χ0v) is 23.4. The van der Waals surface area contributed by atoms with E-state index in [0.717, 1.165) is 0 Å². The predicted octanol–water partition coefficient (Wildman–Crippen LogP) is 7.22. The fourth-order valence-electron chi connectivity index (χ4n) is 2.11. The van der Waals surface area contributed by atoms with Crippen molar-refractivity contribution < 1.29 is 55.3 Å². The Labute approximate surface area is 225 Å². The lowest BCUT2D eigenvalue weighted by Crippen LogP contribution is -2.39. The molecule has 37 heavy (non-hydrogen) atoms. The molecule has 0 aromatic heterocycles. The van der Waals surface area contributed by atoms with E-state index in [0.29, 0.717) is 16.4 Å². The molecular weight excluding hydrogens is 625 g/mol.